The number of benzene rings is 4. The fourth-order valence-corrected chi connectivity index (χ4v) is 5.26. The lowest BCUT2D eigenvalue weighted by atomic mass is 9.97. The zero-order valence-corrected chi connectivity index (χ0v) is 21.8. The van der Waals surface area contributed by atoms with E-state index < -0.39 is 34.9 Å². The molecule has 39 heavy (non-hydrogen) atoms. The van der Waals surface area contributed by atoms with Crippen molar-refractivity contribution in [3.8, 4) is 28.0 Å². The number of ether oxygens (including phenoxy) is 1. The Morgan fingerprint density at radius 2 is 1.28 bits per heavy atom. The minimum absolute atomic E-state index is 0.320. The lowest BCUT2D eigenvalue weighted by molar-refractivity contribution is -0.187. The fourth-order valence-electron chi connectivity index (χ4n) is 5.26. The van der Waals surface area contributed by atoms with Crippen LogP contribution in [-0.2, 0) is 19.0 Å². The topological polar surface area (TPSA) is 9.23 Å². The quantitative estimate of drug-likeness (QED) is 0.204. The van der Waals surface area contributed by atoms with Crippen molar-refractivity contribution in [3.05, 3.63) is 113 Å². The summed E-state index contributed by atoms with van der Waals surface area (Å²) in [5.41, 5.74) is 4.68. The van der Waals surface area contributed by atoms with E-state index >= 15 is 0 Å². The molecule has 5 rings (SSSR count). The maximum absolute atomic E-state index is 14.8. The van der Waals surface area contributed by atoms with Gasteiger partial charge in [-0.2, -0.15) is 8.78 Å². The SMILES string of the molecule is CCCCC1Cc2ccc(-c3ccc(-c4ccc(C(F)(F)Oc5cc(F)c(C)c(F)c5)c(F)c4)cc3)cc2C1. The van der Waals surface area contributed by atoms with Crippen LogP contribution in [0.3, 0.4) is 0 Å². The fraction of sp³-hybridized carbons (Fsp3) is 0.273. The monoisotopic (exact) mass is 536 g/mol. The summed E-state index contributed by atoms with van der Waals surface area (Å²) in [4.78, 5) is 0. The predicted octanol–water partition coefficient (Wildman–Crippen LogP) is 9.78. The smallest absolute Gasteiger partial charge is 0.429 e. The van der Waals surface area contributed by atoms with Crippen LogP contribution in [-0.4, -0.2) is 0 Å². The van der Waals surface area contributed by atoms with Gasteiger partial charge in [0.15, 0.2) is 0 Å². The Kier molecular flexibility index (Phi) is 7.48. The minimum Gasteiger partial charge on any atom is -0.429 e. The Hall–Kier alpha value is -3.67. The van der Waals surface area contributed by atoms with Crippen molar-refractivity contribution < 1.29 is 26.7 Å². The Morgan fingerprint density at radius 3 is 1.90 bits per heavy atom. The highest BCUT2D eigenvalue weighted by Crippen LogP contribution is 2.37. The number of alkyl halides is 2. The standard InChI is InChI=1S/C33H29F5O/c1-3-4-5-21-14-24-10-11-25(16-27(24)15-21)22-6-8-23(9-7-22)26-12-13-29(32(36)17-26)33(37,38)39-28-18-30(34)20(2)31(35)19-28/h6-13,16-19,21H,3-5,14-15H2,1-2H3. The number of rotatable bonds is 8. The van der Waals surface area contributed by atoms with Gasteiger partial charge in [-0.1, -0.05) is 68.3 Å². The van der Waals surface area contributed by atoms with Gasteiger partial charge in [0.25, 0.3) is 0 Å². The second kappa shape index (κ2) is 10.8. The Balaban J connectivity index is 1.32. The molecule has 0 saturated heterocycles. The molecule has 4 aromatic rings. The molecule has 1 aliphatic carbocycles. The molecule has 0 amide bonds. The number of fused-ring (bicyclic) bond motifs is 1. The van der Waals surface area contributed by atoms with E-state index in [9.17, 15) is 22.0 Å². The zero-order chi connectivity index (χ0) is 27.7. The molecule has 0 spiro atoms. The second-order valence-electron chi connectivity index (χ2n) is 10.3. The van der Waals surface area contributed by atoms with E-state index in [1.54, 1.807) is 0 Å². The molecule has 202 valence electrons. The van der Waals surface area contributed by atoms with Crippen LogP contribution in [0.1, 0.15) is 48.4 Å². The first-order valence-corrected chi connectivity index (χ1v) is 13.2. The predicted molar refractivity (Wildman–Crippen MR) is 143 cm³/mol. The molecule has 1 atom stereocenters. The van der Waals surface area contributed by atoms with Crippen LogP contribution in [0.5, 0.6) is 5.75 Å². The van der Waals surface area contributed by atoms with Gasteiger partial charge in [-0.05, 0) is 77.6 Å². The summed E-state index contributed by atoms with van der Waals surface area (Å²) in [7, 11) is 0. The van der Waals surface area contributed by atoms with E-state index in [0.29, 0.717) is 29.2 Å². The zero-order valence-electron chi connectivity index (χ0n) is 21.8. The first-order chi connectivity index (χ1) is 18.6. The van der Waals surface area contributed by atoms with Crippen molar-refractivity contribution in [2.75, 3.05) is 0 Å². The molecule has 0 heterocycles. The lowest BCUT2D eigenvalue weighted by Gasteiger charge is -2.19. The molecule has 0 aliphatic heterocycles. The summed E-state index contributed by atoms with van der Waals surface area (Å²) >= 11 is 0. The molecule has 0 N–H and O–H groups in total. The van der Waals surface area contributed by atoms with Crippen LogP contribution < -0.4 is 4.74 Å². The first-order valence-electron chi connectivity index (χ1n) is 13.2. The third-order valence-corrected chi connectivity index (χ3v) is 7.52. The summed E-state index contributed by atoms with van der Waals surface area (Å²) < 4.78 is 76.3. The van der Waals surface area contributed by atoms with Gasteiger partial charge in [0.2, 0.25) is 0 Å². The molecule has 0 aromatic heterocycles. The van der Waals surface area contributed by atoms with Gasteiger partial charge < -0.3 is 4.74 Å². The molecule has 1 unspecified atom stereocenters. The van der Waals surface area contributed by atoms with Crippen LogP contribution in [0.25, 0.3) is 22.3 Å². The van der Waals surface area contributed by atoms with Gasteiger partial charge in [0.1, 0.15) is 23.2 Å². The first kappa shape index (κ1) is 26.9. The molecule has 4 aromatic carbocycles. The highest BCUT2D eigenvalue weighted by molar-refractivity contribution is 5.71. The summed E-state index contributed by atoms with van der Waals surface area (Å²) in [6.07, 6.45) is 1.83. The van der Waals surface area contributed by atoms with Gasteiger partial charge in [-0.3, -0.25) is 0 Å². The van der Waals surface area contributed by atoms with E-state index in [0.717, 1.165) is 36.1 Å². The van der Waals surface area contributed by atoms with Gasteiger partial charge in [0, 0.05) is 17.7 Å². The number of halogens is 5. The third kappa shape index (κ3) is 5.70. The number of hydrogen-bond acceptors (Lipinski definition) is 1. The van der Waals surface area contributed by atoms with Crippen molar-refractivity contribution in [1.29, 1.82) is 0 Å². The molecule has 1 aliphatic rings. The highest BCUT2D eigenvalue weighted by atomic mass is 19.3. The van der Waals surface area contributed by atoms with Crippen LogP contribution in [0.2, 0.25) is 0 Å². The summed E-state index contributed by atoms with van der Waals surface area (Å²) in [5, 5.41) is 0. The number of hydrogen-bond donors (Lipinski definition) is 0. The minimum atomic E-state index is -4.14. The van der Waals surface area contributed by atoms with E-state index in [-0.39, 0.29) is 5.56 Å². The maximum atomic E-state index is 14.8. The Morgan fingerprint density at radius 1 is 0.718 bits per heavy atom. The lowest BCUT2D eigenvalue weighted by Crippen LogP contribution is -2.23. The van der Waals surface area contributed by atoms with Crippen LogP contribution in [0.15, 0.2) is 72.8 Å². The van der Waals surface area contributed by atoms with Crippen molar-refractivity contribution >= 4 is 0 Å². The van der Waals surface area contributed by atoms with Crippen molar-refractivity contribution in [2.45, 2.75) is 52.1 Å². The molecular formula is C33H29F5O. The largest absolute Gasteiger partial charge is 0.429 e. The molecule has 1 nitrogen and oxygen atoms in total. The molecule has 0 radical (unpaired) electrons. The normalized spacial score (nSPS) is 14.9. The second-order valence-corrected chi connectivity index (χ2v) is 10.3. The van der Waals surface area contributed by atoms with Crippen molar-refractivity contribution in [2.24, 2.45) is 5.92 Å². The maximum Gasteiger partial charge on any atom is 0.429 e. The summed E-state index contributed by atoms with van der Waals surface area (Å²) in [6, 6.07) is 18.7. The van der Waals surface area contributed by atoms with Gasteiger partial charge in [-0.15, -0.1) is 0 Å². The average Bonchev–Trinajstić information content (AvgIpc) is 3.32. The van der Waals surface area contributed by atoms with E-state index in [1.807, 2.05) is 24.3 Å². The molecule has 0 saturated carbocycles. The van der Waals surface area contributed by atoms with Gasteiger partial charge >= 0.3 is 6.11 Å². The van der Waals surface area contributed by atoms with E-state index in [1.165, 1.54) is 43.4 Å². The van der Waals surface area contributed by atoms with Crippen molar-refractivity contribution in [1.82, 2.24) is 0 Å². The number of unbranched alkanes of at least 4 members (excludes halogenated alkanes) is 1. The summed E-state index contributed by atoms with van der Waals surface area (Å²) in [6.45, 7) is 3.39. The average molecular weight is 537 g/mol. The molecule has 6 heteroatoms. The summed E-state index contributed by atoms with van der Waals surface area (Å²) in [5.74, 6) is -3.27. The van der Waals surface area contributed by atoms with Crippen molar-refractivity contribution in [3.63, 3.8) is 0 Å². The van der Waals surface area contributed by atoms with Crippen LogP contribution in [0.4, 0.5) is 22.0 Å². The third-order valence-electron chi connectivity index (χ3n) is 7.52. The van der Waals surface area contributed by atoms with E-state index in [4.69, 9.17) is 0 Å². The molecular weight excluding hydrogens is 507 g/mol. The Bertz CT molecular complexity index is 1470. The molecule has 0 fully saturated rings. The van der Waals surface area contributed by atoms with Crippen LogP contribution >= 0.6 is 0 Å². The molecule has 0 bridgehead atoms. The van der Waals surface area contributed by atoms with E-state index in [2.05, 4.69) is 29.9 Å². The highest BCUT2D eigenvalue weighted by Gasteiger charge is 2.38. The Labute approximate surface area is 225 Å². The van der Waals surface area contributed by atoms with Gasteiger partial charge in [-0.25, -0.2) is 13.2 Å². The van der Waals surface area contributed by atoms with Crippen LogP contribution in [0, 0.1) is 30.3 Å². The van der Waals surface area contributed by atoms with Gasteiger partial charge in [0.05, 0.1) is 5.56 Å².